The van der Waals surface area contributed by atoms with Gasteiger partial charge in [0.05, 0.1) is 33.8 Å². The molecule has 37 heavy (non-hydrogen) atoms. The van der Waals surface area contributed by atoms with Gasteiger partial charge in [0.25, 0.3) is 0 Å². The molecule has 1 unspecified atom stereocenters. The molecule has 194 valence electrons. The van der Waals surface area contributed by atoms with Gasteiger partial charge in [0.15, 0.2) is 15.6 Å². The molecule has 7 nitrogen and oxygen atoms in total. The van der Waals surface area contributed by atoms with Crippen molar-refractivity contribution in [2.24, 2.45) is 0 Å². The molecule has 0 radical (unpaired) electrons. The fourth-order valence-electron chi connectivity index (χ4n) is 4.83. The number of nitrogens with zero attached hydrogens (tertiary/aromatic N) is 3. The summed E-state index contributed by atoms with van der Waals surface area (Å²) in [5.74, 6) is -0.310. The van der Waals surface area contributed by atoms with Crippen molar-refractivity contribution in [2.75, 3.05) is 17.7 Å². The molecule has 1 heterocycles. The van der Waals surface area contributed by atoms with Gasteiger partial charge < -0.3 is 4.90 Å². The number of carbonyl (C=O) groups is 2. The average molecular weight is 532 g/mol. The Bertz CT molecular complexity index is 1460. The summed E-state index contributed by atoms with van der Waals surface area (Å²) in [6.45, 7) is 2.03. The van der Waals surface area contributed by atoms with E-state index >= 15 is 0 Å². The van der Waals surface area contributed by atoms with E-state index in [9.17, 15) is 36.4 Å². The van der Waals surface area contributed by atoms with Crippen LogP contribution in [0.3, 0.4) is 0 Å². The van der Waals surface area contributed by atoms with Crippen molar-refractivity contribution in [3.8, 4) is 6.07 Å². The summed E-state index contributed by atoms with van der Waals surface area (Å²) < 4.78 is 65.8. The van der Waals surface area contributed by atoms with Crippen LogP contribution >= 0.6 is 0 Å². The first-order valence-corrected chi connectivity index (χ1v) is 13.6. The number of allylic oxidation sites excluding steroid dienone is 1. The van der Waals surface area contributed by atoms with Crippen LogP contribution in [-0.4, -0.2) is 37.9 Å². The number of alkyl halides is 3. The summed E-state index contributed by atoms with van der Waals surface area (Å²) in [6, 6.07) is 8.62. The van der Waals surface area contributed by atoms with Gasteiger partial charge in [0.1, 0.15) is 0 Å². The molecule has 1 atom stereocenters. The highest BCUT2D eigenvalue weighted by Crippen LogP contribution is 2.47. The molecule has 4 rings (SSSR count). The summed E-state index contributed by atoms with van der Waals surface area (Å²) in [7, 11) is -3.87. The molecule has 0 spiro atoms. The lowest BCUT2D eigenvalue weighted by molar-refractivity contribution is -0.137. The predicted octanol–water partition coefficient (Wildman–Crippen LogP) is 5.38. The van der Waals surface area contributed by atoms with Gasteiger partial charge in [-0.05, 0) is 48.7 Å². The fraction of sp³-hybridized carbons (Fsp3) is 0.346. The lowest BCUT2D eigenvalue weighted by Crippen LogP contribution is -2.50. The van der Waals surface area contributed by atoms with E-state index < -0.39 is 33.6 Å². The van der Waals surface area contributed by atoms with E-state index in [-0.39, 0.29) is 58.1 Å². The Morgan fingerprint density at radius 3 is 2.46 bits per heavy atom. The first-order chi connectivity index (χ1) is 17.4. The van der Waals surface area contributed by atoms with Crippen molar-refractivity contribution in [1.82, 2.24) is 4.90 Å². The maximum absolute atomic E-state index is 13.9. The van der Waals surface area contributed by atoms with Crippen molar-refractivity contribution in [3.05, 3.63) is 70.4 Å². The molecule has 0 aromatic heterocycles. The third-order valence-electron chi connectivity index (χ3n) is 6.51. The number of ketones is 1. The summed E-state index contributed by atoms with van der Waals surface area (Å²) in [4.78, 5) is 29.5. The summed E-state index contributed by atoms with van der Waals surface area (Å²) in [5.41, 5.74) is -0.233. The maximum Gasteiger partial charge on any atom is 0.416 e. The van der Waals surface area contributed by atoms with Gasteiger partial charge in [-0.2, -0.15) is 18.4 Å². The van der Waals surface area contributed by atoms with Crippen LogP contribution in [-0.2, 0) is 20.8 Å². The van der Waals surface area contributed by atoms with Gasteiger partial charge in [-0.1, -0.05) is 25.5 Å². The summed E-state index contributed by atoms with van der Waals surface area (Å²) in [5, 5.41) is 9.31. The van der Waals surface area contributed by atoms with Gasteiger partial charge in [0, 0.05) is 30.5 Å². The highest BCUT2D eigenvalue weighted by molar-refractivity contribution is 7.90. The van der Waals surface area contributed by atoms with Crippen LogP contribution in [0, 0.1) is 11.3 Å². The number of benzene rings is 2. The molecule has 1 aliphatic carbocycles. The first-order valence-electron chi connectivity index (χ1n) is 11.7. The molecule has 2 amide bonds. The van der Waals surface area contributed by atoms with E-state index in [0.29, 0.717) is 12.8 Å². The van der Waals surface area contributed by atoms with Crippen LogP contribution in [0.5, 0.6) is 0 Å². The second-order valence-corrected chi connectivity index (χ2v) is 11.0. The van der Waals surface area contributed by atoms with Crippen molar-refractivity contribution in [3.63, 3.8) is 0 Å². The highest BCUT2D eigenvalue weighted by Gasteiger charge is 2.47. The van der Waals surface area contributed by atoms with Crippen LogP contribution in [0.25, 0.3) is 0 Å². The Hall–Kier alpha value is -3.65. The number of Topliss-reactive ketones (excluding diaryl/α,β-unsaturated/α-hetero) is 1. The zero-order chi connectivity index (χ0) is 27.1. The minimum Gasteiger partial charge on any atom is -0.313 e. The number of rotatable bonds is 6. The topological polar surface area (TPSA) is 98.5 Å². The number of anilines is 1. The molecule has 1 aliphatic heterocycles. The summed E-state index contributed by atoms with van der Waals surface area (Å²) in [6.07, 6.45) is -2.30. The number of hydrogen-bond acceptors (Lipinski definition) is 5. The minimum absolute atomic E-state index is 0.0230. The monoisotopic (exact) mass is 531 g/mol. The lowest BCUT2D eigenvalue weighted by Gasteiger charge is -2.42. The van der Waals surface area contributed by atoms with Crippen LogP contribution < -0.4 is 4.90 Å². The molecular formula is C26H24F3N3O4S. The minimum atomic E-state index is -4.63. The van der Waals surface area contributed by atoms with E-state index in [1.807, 2.05) is 13.0 Å². The Morgan fingerprint density at radius 1 is 1.11 bits per heavy atom. The molecule has 0 fully saturated rings. The normalized spacial score (nSPS) is 18.3. The van der Waals surface area contributed by atoms with Gasteiger partial charge in [-0.25, -0.2) is 13.2 Å². The van der Waals surface area contributed by atoms with E-state index in [0.717, 1.165) is 23.3 Å². The largest absolute Gasteiger partial charge is 0.416 e. The smallest absolute Gasteiger partial charge is 0.313 e. The number of hydrogen-bond donors (Lipinski definition) is 0. The second-order valence-electron chi connectivity index (χ2n) is 9.04. The van der Waals surface area contributed by atoms with Gasteiger partial charge >= 0.3 is 12.2 Å². The van der Waals surface area contributed by atoms with Crippen LogP contribution in [0.1, 0.15) is 55.3 Å². The molecule has 2 aromatic rings. The van der Waals surface area contributed by atoms with Crippen molar-refractivity contribution in [1.29, 1.82) is 5.26 Å². The van der Waals surface area contributed by atoms with Crippen molar-refractivity contribution < 1.29 is 31.2 Å². The Balaban J connectivity index is 1.99. The summed E-state index contributed by atoms with van der Waals surface area (Å²) >= 11 is 0. The van der Waals surface area contributed by atoms with E-state index in [2.05, 4.69) is 0 Å². The third kappa shape index (κ3) is 4.85. The average Bonchev–Trinajstić information content (AvgIpc) is 3.21. The highest BCUT2D eigenvalue weighted by atomic mass is 32.2. The molecule has 2 aliphatic rings. The van der Waals surface area contributed by atoms with Gasteiger partial charge in [0.2, 0.25) is 0 Å². The van der Waals surface area contributed by atoms with E-state index in [4.69, 9.17) is 0 Å². The Labute approximate surface area is 212 Å². The second kappa shape index (κ2) is 9.67. The first kappa shape index (κ1) is 26.4. The Kier molecular flexibility index (Phi) is 6.90. The molecule has 0 saturated heterocycles. The SMILES string of the molecule is CCCCN1C(=O)N(c2cccc(C(F)(F)F)c2)C2=C(C(=O)CC2)C1c1ccc(C#N)cc1S(C)(=O)=O. The third-order valence-corrected chi connectivity index (χ3v) is 7.67. The van der Waals surface area contributed by atoms with Crippen molar-refractivity contribution in [2.45, 2.75) is 49.7 Å². The van der Waals surface area contributed by atoms with E-state index in [1.165, 1.54) is 35.2 Å². The number of halogens is 3. The van der Waals surface area contributed by atoms with Gasteiger partial charge in [-0.15, -0.1) is 0 Å². The molecule has 0 saturated carbocycles. The zero-order valence-electron chi connectivity index (χ0n) is 20.2. The number of unbranched alkanes of at least 4 members (excludes halogenated alkanes) is 1. The predicted molar refractivity (Wildman–Crippen MR) is 129 cm³/mol. The molecule has 0 N–H and O–H groups in total. The molecule has 11 heteroatoms. The molecule has 0 bridgehead atoms. The van der Waals surface area contributed by atoms with Crippen LogP contribution in [0.2, 0.25) is 0 Å². The van der Waals surface area contributed by atoms with E-state index in [1.54, 1.807) is 0 Å². The maximum atomic E-state index is 13.9. The quantitative estimate of drug-likeness (QED) is 0.498. The molecular weight excluding hydrogens is 507 g/mol. The Morgan fingerprint density at radius 2 is 1.84 bits per heavy atom. The number of amides is 2. The fourth-order valence-corrected chi connectivity index (χ4v) is 5.78. The number of nitriles is 1. The number of carbonyl (C=O) groups excluding carboxylic acids is 2. The van der Waals surface area contributed by atoms with Gasteiger partial charge in [-0.3, -0.25) is 9.69 Å². The number of urea groups is 1. The lowest BCUT2D eigenvalue weighted by atomic mass is 9.92. The number of sulfone groups is 1. The standard InChI is InChI=1S/C26H24F3N3O4S/c1-3-4-12-31-24(19-9-8-16(15-30)13-22(19)37(2,35)36)23-20(10-11-21(23)33)32(25(31)34)18-7-5-6-17(14-18)26(27,28)29/h5-9,13-14,24H,3-4,10-12H2,1-2H3. The van der Waals surface area contributed by atoms with Crippen molar-refractivity contribution >= 4 is 27.3 Å². The molecule has 2 aromatic carbocycles. The van der Waals surface area contributed by atoms with Crippen LogP contribution in [0.4, 0.5) is 23.7 Å². The zero-order valence-corrected chi connectivity index (χ0v) is 21.0. The van der Waals surface area contributed by atoms with Crippen LogP contribution in [0.15, 0.2) is 58.6 Å².